The maximum Gasteiger partial charge on any atom is 0.354 e. The maximum absolute atomic E-state index is 13.4. The lowest BCUT2D eigenvalue weighted by Gasteiger charge is -2.32. The molecule has 0 N–H and O–H groups in total. The Morgan fingerprint density at radius 1 is 1.00 bits per heavy atom. The second kappa shape index (κ2) is 8.64. The fourth-order valence-corrected chi connectivity index (χ4v) is 3.76. The number of amides is 1. The summed E-state index contributed by atoms with van der Waals surface area (Å²) in [7, 11) is 3.04. The Hall–Kier alpha value is -2.89. The van der Waals surface area contributed by atoms with Crippen molar-refractivity contribution < 1.29 is 19.1 Å². The van der Waals surface area contributed by atoms with E-state index in [1.54, 1.807) is 49.4 Å². The largest absolute Gasteiger partial charge is 0.464 e. The van der Waals surface area contributed by atoms with Gasteiger partial charge in [0.2, 0.25) is 0 Å². The average Bonchev–Trinajstić information content (AvgIpc) is 2.89. The molecule has 0 saturated carbocycles. The van der Waals surface area contributed by atoms with Gasteiger partial charge < -0.3 is 14.2 Å². The topological polar surface area (TPSA) is 68.6 Å². The third kappa shape index (κ3) is 4.11. The van der Waals surface area contributed by atoms with Crippen LogP contribution in [0.5, 0.6) is 0 Å². The molecule has 0 bridgehead atoms. The number of hydrogen-bond acceptors (Lipinski definition) is 4. The fraction of sp³-hybridized carbons (Fsp3) is 0.435. The van der Waals surface area contributed by atoms with E-state index in [1.165, 1.54) is 7.11 Å². The molecule has 0 spiro atoms. The molecule has 0 fully saturated rings. The molecule has 6 nitrogen and oxygen atoms in total. The molecule has 1 heterocycles. The lowest BCUT2D eigenvalue weighted by atomic mass is 9.98. The van der Waals surface area contributed by atoms with Crippen molar-refractivity contribution in [1.29, 1.82) is 0 Å². The summed E-state index contributed by atoms with van der Waals surface area (Å²) in [6.07, 6.45) is 0. The molecule has 2 rings (SSSR count). The fourth-order valence-electron chi connectivity index (χ4n) is 3.76. The van der Waals surface area contributed by atoms with Crippen molar-refractivity contribution in [2.45, 2.75) is 53.6 Å². The first-order chi connectivity index (χ1) is 13.5. The van der Waals surface area contributed by atoms with Crippen molar-refractivity contribution in [2.75, 3.05) is 7.11 Å². The second-order valence-corrected chi connectivity index (χ2v) is 7.70. The van der Waals surface area contributed by atoms with Gasteiger partial charge in [0.25, 0.3) is 5.91 Å². The monoisotopic (exact) mass is 398 g/mol. The number of ketones is 1. The Morgan fingerprint density at radius 2 is 1.55 bits per heavy atom. The van der Waals surface area contributed by atoms with Crippen LogP contribution in [0.1, 0.15) is 68.8 Å². The smallest absolute Gasteiger partial charge is 0.354 e. The van der Waals surface area contributed by atoms with Crippen LogP contribution in [0.25, 0.3) is 0 Å². The molecule has 1 atom stereocenters. The van der Waals surface area contributed by atoms with E-state index >= 15 is 0 Å². The molecular weight excluding hydrogens is 368 g/mol. The lowest BCUT2D eigenvalue weighted by molar-refractivity contribution is 0.0565. The predicted molar refractivity (Wildman–Crippen MR) is 113 cm³/mol. The summed E-state index contributed by atoms with van der Waals surface area (Å²) in [5.74, 6) is -0.878. The first-order valence-electron chi connectivity index (χ1n) is 9.70. The number of aromatic nitrogens is 1. The normalized spacial score (nSPS) is 12.0. The van der Waals surface area contributed by atoms with Crippen LogP contribution < -0.4 is 0 Å². The SMILES string of the molecule is COC(=O)c1c(C)c(C(=O)[C@H](C)N(C(=O)c2ccc(C)cc2)C(C)C)c(C)n1C. The van der Waals surface area contributed by atoms with Gasteiger partial charge >= 0.3 is 5.97 Å². The van der Waals surface area contributed by atoms with Gasteiger partial charge in [-0.3, -0.25) is 9.59 Å². The predicted octanol–water partition coefficient (Wildman–Crippen LogP) is 3.86. The minimum absolute atomic E-state index is 0.174. The molecular formula is C23H30N2O4. The van der Waals surface area contributed by atoms with Crippen LogP contribution in [0.2, 0.25) is 0 Å². The van der Waals surface area contributed by atoms with E-state index < -0.39 is 12.0 Å². The molecule has 6 heteroatoms. The Labute approximate surface area is 172 Å². The lowest BCUT2D eigenvalue weighted by Crippen LogP contribution is -2.47. The van der Waals surface area contributed by atoms with Crippen LogP contribution in [-0.2, 0) is 11.8 Å². The molecule has 0 saturated heterocycles. The first-order valence-corrected chi connectivity index (χ1v) is 9.70. The first kappa shape index (κ1) is 22.4. The number of benzene rings is 1. The van der Waals surface area contributed by atoms with Gasteiger partial charge in [0.1, 0.15) is 5.69 Å². The average molecular weight is 399 g/mol. The number of ether oxygens (including phenoxy) is 1. The van der Waals surface area contributed by atoms with E-state index in [2.05, 4.69) is 0 Å². The third-order valence-corrected chi connectivity index (χ3v) is 5.44. The Bertz CT molecular complexity index is 939. The zero-order chi connectivity index (χ0) is 22.0. The van der Waals surface area contributed by atoms with Crippen molar-refractivity contribution >= 4 is 17.7 Å². The van der Waals surface area contributed by atoms with E-state index in [1.807, 2.05) is 32.9 Å². The summed E-state index contributed by atoms with van der Waals surface area (Å²) in [4.78, 5) is 40.4. The van der Waals surface area contributed by atoms with Crippen molar-refractivity contribution in [3.63, 3.8) is 0 Å². The highest BCUT2D eigenvalue weighted by atomic mass is 16.5. The summed E-state index contributed by atoms with van der Waals surface area (Å²) >= 11 is 0. The van der Waals surface area contributed by atoms with E-state index in [4.69, 9.17) is 4.74 Å². The van der Waals surface area contributed by atoms with Gasteiger partial charge in [0.15, 0.2) is 5.78 Å². The number of esters is 1. The van der Waals surface area contributed by atoms with Gasteiger partial charge in [0, 0.05) is 29.9 Å². The van der Waals surface area contributed by atoms with E-state index in [0.717, 1.165) is 5.56 Å². The number of Topliss-reactive ketones (excluding diaryl/α,β-unsaturated/α-hetero) is 1. The zero-order valence-corrected chi connectivity index (χ0v) is 18.5. The summed E-state index contributed by atoms with van der Waals surface area (Å²) in [6.45, 7) is 11.0. The zero-order valence-electron chi connectivity index (χ0n) is 18.5. The molecule has 29 heavy (non-hydrogen) atoms. The second-order valence-electron chi connectivity index (χ2n) is 7.70. The van der Waals surface area contributed by atoms with Gasteiger partial charge in [0.05, 0.1) is 13.2 Å². The molecule has 1 aromatic heterocycles. The molecule has 0 aliphatic rings. The standard InChI is InChI=1S/C23H30N2O4/c1-13(2)25(22(27)18-11-9-14(3)10-12-18)17(6)21(26)19-15(4)20(23(28)29-8)24(7)16(19)5/h9-13,17H,1-8H3/t17-/m0/s1. The third-order valence-electron chi connectivity index (χ3n) is 5.44. The number of nitrogens with zero attached hydrogens (tertiary/aromatic N) is 2. The summed E-state index contributed by atoms with van der Waals surface area (Å²) in [5.41, 5.74) is 3.66. The molecule has 1 amide bonds. The number of methoxy groups -OCH3 is 1. The molecule has 0 aliphatic carbocycles. The van der Waals surface area contributed by atoms with Crippen LogP contribution in [0.15, 0.2) is 24.3 Å². The van der Waals surface area contributed by atoms with Crippen molar-refractivity contribution in [3.05, 3.63) is 57.9 Å². The maximum atomic E-state index is 13.4. The van der Waals surface area contributed by atoms with Crippen LogP contribution in [0, 0.1) is 20.8 Å². The highest BCUT2D eigenvalue weighted by Crippen LogP contribution is 2.25. The van der Waals surface area contributed by atoms with Gasteiger partial charge in [-0.25, -0.2) is 4.79 Å². The molecule has 2 aromatic rings. The molecule has 0 unspecified atom stereocenters. The van der Waals surface area contributed by atoms with Crippen LogP contribution in [-0.4, -0.2) is 46.3 Å². The number of aryl methyl sites for hydroxylation is 1. The number of carbonyl (C=O) groups is 3. The van der Waals surface area contributed by atoms with Crippen LogP contribution in [0.4, 0.5) is 0 Å². The number of carbonyl (C=O) groups excluding carboxylic acids is 3. The quantitative estimate of drug-likeness (QED) is 0.547. The number of rotatable bonds is 6. The summed E-state index contributed by atoms with van der Waals surface area (Å²) in [5, 5.41) is 0. The Balaban J connectivity index is 2.47. The van der Waals surface area contributed by atoms with E-state index in [9.17, 15) is 14.4 Å². The van der Waals surface area contributed by atoms with Gasteiger partial charge in [-0.05, 0) is 59.2 Å². The Kier molecular flexibility index (Phi) is 6.67. The Morgan fingerprint density at radius 3 is 2.03 bits per heavy atom. The van der Waals surface area contributed by atoms with Crippen LogP contribution in [0.3, 0.4) is 0 Å². The molecule has 156 valence electrons. The molecule has 0 radical (unpaired) electrons. The molecule has 1 aromatic carbocycles. The summed E-state index contributed by atoms with van der Waals surface area (Å²) in [6, 6.07) is 6.46. The van der Waals surface area contributed by atoms with Crippen molar-refractivity contribution in [1.82, 2.24) is 9.47 Å². The van der Waals surface area contributed by atoms with Gasteiger partial charge in [-0.15, -0.1) is 0 Å². The highest BCUT2D eigenvalue weighted by molar-refractivity contribution is 6.07. The van der Waals surface area contributed by atoms with Crippen molar-refractivity contribution in [3.8, 4) is 0 Å². The molecule has 0 aliphatic heterocycles. The van der Waals surface area contributed by atoms with Crippen LogP contribution >= 0.6 is 0 Å². The number of hydrogen-bond donors (Lipinski definition) is 0. The van der Waals surface area contributed by atoms with Gasteiger partial charge in [-0.2, -0.15) is 0 Å². The summed E-state index contributed by atoms with van der Waals surface area (Å²) < 4.78 is 6.53. The minimum Gasteiger partial charge on any atom is -0.464 e. The van der Waals surface area contributed by atoms with Gasteiger partial charge in [-0.1, -0.05) is 17.7 Å². The van der Waals surface area contributed by atoms with E-state index in [0.29, 0.717) is 28.1 Å². The van der Waals surface area contributed by atoms with E-state index in [-0.39, 0.29) is 17.7 Å². The van der Waals surface area contributed by atoms with Crippen molar-refractivity contribution in [2.24, 2.45) is 7.05 Å². The minimum atomic E-state index is -0.686. The highest BCUT2D eigenvalue weighted by Gasteiger charge is 2.33.